The summed E-state index contributed by atoms with van der Waals surface area (Å²) in [5.74, 6) is 2.50. The second-order valence-corrected chi connectivity index (χ2v) is 8.26. The highest BCUT2D eigenvalue weighted by Gasteiger charge is 2.17. The number of nitrogens with one attached hydrogen (secondary N) is 2. The lowest BCUT2D eigenvalue weighted by atomic mass is 10.0. The number of aromatic nitrogens is 1. The number of ether oxygens (including phenoxy) is 3. The molecule has 182 valence electrons. The van der Waals surface area contributed by atoms with Gasteiger partial charge in [-0.3, -0.25) is 0 Å². The van der Waals surface area contributed by atoms with E-state index in [2.05, 4.69) is 46.5 Å². The molecule has 3 heterocycles. The van der Waals surface area contributed by atoms with Crippen LogP contribution in [0.2, 0.25) is 0 Å². The fraction of sp³-hybridized carbons (Fsp3) is 0.739. The van der Waals surface area contributed by atoms with E-state index in [1.165, 1.54) is 0 Å². The molecule has 0 saturated carbocycles. The molecule has 2 aliphatic rings. The van der Waals surface area contributed by atoms with Gasteiger partial charge >= 0.3 is 0 Å². The Morgan fingerprint density at radius 3 is 2.81 bits per heavy atom. The molecule has 1 aromatic heterocycles. The summed E-state index contributed by atoms with van der Waals surface area (Å²) in [6, 6.07) is 4.19. The van der Waals surface area contributed by atoms with Crippen molar-refractivity contribution < 1.29 is 14.2 Å². The van der Waals surface area contributed by atoms with E-state index in [-0.39, 0.29) is 30.1 Å². The average Bonchev–Trinajstić information content (AvgIpc) is 2.80. The Labute approximate surface area is 209 Å². The first-order valence-corrected chi connectivity index (χ1v) is 11.7. The second kappa shape index (κ2) is 15.6. The topological polar surface area (TPSA) is 80.2 Å². The van der Waals surface area contributed by atoms with Crippen molar-refractivity contribution in [3.63, 3.8) is 0 Å². The fourth-order valence-electron chi connectivity index (χ4n) is 3.78. The quantitative estimate of drug-likeness (QED) is 0.197. The number of guanidine groups is 1. The van der Waals surface area contributed by atoms with Gasteiger partial charge in [-0.05, 0) is 50.7 Å². The molecular formula is C23H40IN5O3. The molecule has 2 fully saturated rings. The Morgan fingerprint density at radius 1 is 1.25 bits per heavy atom. The SMILES string of the molecule is CCNC(=NCc1ccc(N2CCOC(C)C2)nc1)NCCCOCC1CCOCC1.I. The van der Waals surface area contributed by atoms with Crippen LogP contribution in [0, 0.1) is 5.92 Å². The van der Waals surface area contributed by atoms with Gasteiger partial charge in [0.1, 0.15) is 5.82 Å². The van der Waals surface area contributed by atoms with Gasteiger partial charge in [0.05, 0.1) is 19.3 Å². The van der Waals surface area contributed by atoms with E-state index in [0.29, 0.717) is 12.5 Å². The fourth-order valence-corrected chi connectivity index (χ4v) is 3.78. The maximum Gasteiger partial charge on any atom is 0.191 e. The van der Waals surface area contributed by atoms with Crippen molar-refractivity contribution in [2.45, 2.75) is 45.8 Å². The molecule has 0 aliphatic carbocycles. The van der Waals surface area contributed by atoms with Crippen molar-refractivity contribution in [2.75, 3.05) is 64.1 Å². The van der Waals surface area contributed by atoms with E-state index in [0.717, 1.165) is 95.8 Å². The molecular weight excluding hydrogens is 521 g/mol. The highest BCUT2D eigenvalue weighted by Crippen LogP contribution is 2.16. The van der Waals surface area contributed by atoms with Crippen LogP contribution in [0.3, 0.4) is 0 Å². The summed E-state index contributed by atoms with van der Waals surface area (Å²) in [5.41, 5.74) is 1.10. The smallest absolute Gasteiger partial charge is 0.191 e. The van der Waals surface area contributed by atoms with Crippen molar-refractivity contribution in [3.05, 3.63) is 23.9 Å². The van der Waals surface area contributed by atoms with Crippen LogP contribution < -0.4 is 15.5 Å². The van der Waals surface area contributed by atoms with Crippen LogP contribution in [0.5, 0.6) is 0 Å². The molecule has 3 rings (SSSR count). The van der Waals surface area contributed by atoms with Gasteiger partial charge < -0.3 is 29.7 Å². The highest BCUT2D eigenvalue weighted by molar-refractivity contribution is 14.0. The van der Waals surface area contributed by atoms with Crippen molar-refractivity contribution in [1.82, 2.24) is 15.6 Å². The Kier molecular flexibility index (Phi) is 13.2. The zero-order valence-electron chi connectivity index (χ0n) is 19.6. The highest BCUT2D eigenvalue weighted by atomic mass is 127. The maximum atomic E-state index is 5.84. The van der Waals surface area contributed by atoms with Gasteiger partial charge in [-0.25, -0.2) is 9.98 Å². The van der Waals surface area contributed by atoms with Crippen LogP contribution >= 0.6 is 24.0 Å². The Hall–Kier alpha value is -1.17. The monoisotopic (exact) mass is 561 g/mol. The maximum absolute atomic E-state index is 5.84. The lowest BCUT2D eigenvalue weighted by Crippen LogP contribution is -2.41. The Morgan fingerprint density at radius 2 is 2.09 bits per heavy atom. The first kappa shape index (κ1) is 27.1. The first-order valence-electron chi connectivity index (χ1n) is 11.7. The van der Waals surface area contributed by atoms with E-state index < -0.39 is 0 Å². The average molecular weight is 562 g/mol. The van der Waals surface area contributed by atoms with Gasteiger partial charge in [-0.1, -0.05) is 6.07 Å². The van der Waals surface area contributed by atoms with Crippen LogP contribution in [0.1, 0.15) is 38.7 Å². The number of pyridine rings is 1. The third-order valence-corrected chi connectivity index (χ3v) is 5.59. The van der Waals surface area contributed by atoms with E-state index >= 15 is 0 Å². The molecule has 8 nitrogen and oxygen atoms in total. The molecule has 9 heteroatoms. The van der Waals surface area contributed by atoms with Crippen LogP contribution in [0.25, 0.3) is 0 Å². The number of morpholine rings is 1. The molecule has 1 unspecified atom stereocenters. The van der Waals surface area contributed by atoms with Gasteiger partial charge in [0.25, 0.3) is 0 Å². The summed E-state index contributed by atoms with van der Waals surface area (Å²) in [7, 11) is 0. The predicted octanol–water partition coefficient (Wildman–Crippen LogP) is 2.81. The number of hydrogen-bond donors (Lipinski definition) is 2. The van der Waals surface area contributed by atoms with Gasteiger partial charge in [0.2, 0.25) is 0 Å². The second-order valence-electron chi connectivity index (χ2n) is 8.26. The van der Waals surface area contributed by atoms with Crippen LogP contribution in [0.4, 0.5) is 5.82 Å². The van der Waals surface area contributed by atoms with Gasteiger partial charge in [-0.2, -0.15) is 0 Å². The molecule has 1 aromatic rings. The predicted molar refractivity (Wildman–Crippen MR) is 139 cm³/mol. The van der Waals surface area contributed by atoms with Gasteiger partial charge in [-0.15, -0.1) is 24.0 Å². The zero-order valence-corrected chi connectivity index (χ0v) is 21.9. The third kappa shape index (κ3) is 9.76. The zero-order chi connectivity index (χ0) is 21.7. The molecule has 0 amide bonds. The molecule has 32 heavy (non-hydrogen) atoms. The Bertz CT molecular complexity index is 656. The van der Waals surface area contributed by atoms with Crippen LogP contribution in [0.15, 0.2) is 23.3 Å². The molecule has 0 bridgehead atoms. The number of halogens is 1. The molecule has 0 radical (unpaired) electrons. The molecule has 1 atom stereocenters. The molecule has 2 aliphatic heterocycles. The van der Waals surface area contributed by atoms with Crippen molar-refractivity contribution in [3.8, 4) is 0 Å². The summed E-state index contributed by atoms with van der Waals surface area (Å²) in [4.78, 5) is 11.6. The van der Waals surface area contributed by atoms with E-state index in [1.807, 2.05) is 6.20 Å². The number of rotatable bonds is 10. The first-order chi connectivity index (χ1) is 15.2. The van der Waals surface area contributed by atoms with E-state index in [4.69, 9.17) is 19.2 Å². The van der Waals surface area contributed by atoms with E-state index in [1.54, 1.807) is 0 Å². The summed E-state index contributed by atoms with van der Waals surface area (Å²) in [5, 5.41) is 6.70. The molecule has 2 saturated heterocycles. The third-order valence-electron chi connectivity index (χ3n) is 5.59. The summed E-state index contributed by atoms with van der Waals surface area (Å²) >= 11 is 0. The molecule has 0 aromatic carbocycles. The number of hydrogen-bond acceptors (Lipinski definition) is 6. The minimum absolute atomic E-state index is 0. The minimum atomic E-state index is 0. The standard InChI is InChI=1S/C23H39N5O3.HI/c1-3-24-23(25-9-4-11-30-18-20-7-12-29-13-8-20)27-16-21-5-6-22(26-15-21)28-10-14-31-19(2)17-28;/h5-6,15,19-20H,3-4,7-14,16-18H2,1-2H3,(H2,24,25,27);1H. The molecule has 2 N–H and O–H groups in total. The molecule has 0 spiro atoms. The number of aliphatic imine (C=N–C) groups is 1. The van der Waals surface area contributed by atoms with Gasteiger partial charge in [0.15, 0.2) is 5.96 Å². The number of anilines is 1. The van der Waals surface area contributed by atoms with Crippen molar-refractivity contribution in [1.29, 1.82) is 0 Å². The lowest BCUT2D eigenvalue weighted by Gasteiger charge is -2.32. The van der Waals surface area contributed by atoms with E-state index in [9.17, 15) is 0 Å². The summed E-state index contributed by atoms with van der Waals surface area (Å²) < 4.78 is 16.8. The van der Waals surface area contributed by atoms with Crippen molar-refractivity contribution >= 4 is 35.8 Å². The largest absolute Gasteiger partial charge is 0.381 e. The summed E-state index contributed by atoms with van der Waals surface area (Å²) in [6.45, 7) is 12.4. The lowest BCUT2D eigenvalue weighted by molar-refractivity contribution is 0.0203. The summed E-state index contributed by atoms with van der Waals surface area (Å²) in [6.07, 6.45) is 5.38. The Balaban J connectivity index is 0.00000363. The van der Waals surface area contributed by atoms with Crippen molar-refractivity contribution in [2.24, 2.45) is 10.9 Å². The number of nitrogens with zero attached hydrogens (tertiary/aromatic N) is 3. The van der Waals surface area contributed by atoms with Crippen LogP contribution in [-0.2, 0) is 20.8 Å². The van der Waals surface area contributed by atoms with Crippen LogP contribution in [-0.4, -0.2) is 76.3 Å². The normalized spacial score (nSPS) is 20.0. The van der Waals surface area contributed by atoms with Gasteiger partial charge in [0, 0.05) is 58.8 Å². The minimum Gasteiger partial charge on any atom is -0.381 e.